The first kappa shape index (κ1) is 10.8. The van der Waals surface area contributed by atoms with E-state index in [9.17, 15) is 4.79 Å². The predicted molar refractivity (Wildman–Crippen MR) is 45.7 cm³/mol. The Labute approximate surface area is 72.9 Å². The predicted octanol–water partition coefficient (Wildman–Crippen LogP) is 2.20. The van der Waals surface area contributed by atoms with E-state index in [0.29, 0.717) is 6.42 Å². The van der Waals surface area contributed by atoms with Crippen LogP contribution in [-0.2, 0) is 9.53 Å². The van der Waals surface area contributed by atoms with Gasteiger partial charge in [-0.1, -0.05) is 0 Å². The minimum absolute atomic E-state index is 0.00380. The standard InChI is InChI=1S/C8H15ClO2/c1-6(9)5-8(2,3)7(10)11-4/h6H,5H2,1-4H3. The molecule has 66 valence electrons. The van der Waals surface area contributed by atoms with Gasteiger partial charge in [-0.2, -0.15) is 0 Å². The highest BCUT2D eigenvalue weighted by molar-refractivity contribution is 6.20. The Morgan fingerprint density at radius 1 is 1.64 bits per heavy atom. The van der Waals surface area contributed by atoms with Gasteiger partial charge in [0.15, 0.2) is 0 Å². The largest absolute Gasteiger partial charge is 0.469 e. The Hall–Kier alpha value is -0.240. The fourth-order valence-corrected chi connectivity index (χ4v) is 1.45. The molecule has 0 saturated heterocycles. The Bertz CT molecular complexity index is 141. The molecular formula is C8H15ClO2. The van der Waals surface area contributed by atoms with Crippen molar-refractivity contribution in [2.45, 2.75) is 32.6 Å². The first-order valence-corrected chi connectivity index (χ1v) is 4.06. The lowest BCUT2D eigenvalue weighted by Gasteiger charge is -2.22. The maximum absolute atomic E-state index is 11.1. The van der Waals surface area contributed by atoms with E-state index in [1.165, 1.54) is 7.11 Å². The monoisotopic (exact) mass is 178 g/mol. The lowest BCUT2D eigenvalue weighted by Crippen LogP contribution is -2.27. The molecule has 2 nitrogen and oxygen atoms in total. The minimum atomic E-state index is -0.462. The molecule has 0 bridgehead atoms. The molecule has 0 fully saturated rings. The number of methoxy groups -OCH3 is 1. The fourth-order valence-electron chi connectivity index (χ4n) is 1.06. The van der Waals surface area contributed by atoms with Crippen molar-refractivity contribution in [3.8, 4) is 0 Å². The molecule has 0 rings (SSSR count). The van der Waals surface area contributed by atoms with Gasteiger partial charge in [-0.05, 0) is 27.2 Å². The van der Waals surface area contributed by atoms with E-state index >= 15 is 0 Å². The second-order valence-electron chi connectivity index (χ2n) is 3.36. The zero-order valence-electron chi connectivity index (χ0n) is 7.48. The van der Waals surface area contributed by atoms with Crippen molar-refractivity contribution < 1.29 is 9.53 Å². The quantitative estimate of drug-likeness (QED) is 0.489. The fraction of sp³-hybridized carbons (Fsp3) is 0.875. The Morgan fingerprint density at radius 2 is 2.09 bits per heavy atom. The molecule has 0 amide bonds. The van der Waals surface area contributed by atoms with E-state index in [1.54, 1.807) is 0 Å². The molecular weight excluding hydrogens is 164 g/mol. The highest BCUT2D eigenvalue weighted by Crippen LogP contribution is 2.25. The SMILES string of the molecule is COC(=O)C(C)(C)CC(C)Cl. The van der Waals surface area contributed by atoms with Gasteiger partial charge in [0.1, 0.15) is 0 Å². The van der Waals surface area contributed by atoms with Crippen molar-refractivity contribution in [2.75, 3.05) is 7.11 Å². The van der Waals surface area contributed by atoms with Gasteiger partial charge in [-0.15, -0.1) is 11.6 Å². The van der Waals surface area contributed by atoms with Gasteiger partial charge >= 0.3 is 5.97 Å². The number of esters is 1. The van der Waals surface area contributed by atoms with Crippen molar-refractivity contribution in [1.29, 1.82) is 0 Å². The van der Waals surface area contributed by atoms with Gasteiger partial charge in [0, 0.05) is 5.38 Å². The van der Waals surface area contributed by atoms with Crippen LogP contribution >= 0.6 is 11.6 Å². The van der Waals surface area contributed by atoms with Crippen LogP contribution in [0.4, 0.5) is 0 Å². The molecule has 0 N–H and O–H groups in total. The number of carbonyl (C=O) groups excluding carboxylic acids is 1. The van der Waals surface area contributed by atoms with Gasteiger partial charge in [0.25, 0.3) is 0 Å². The highest BCUT2D eigenvalue weighted by atomic mass is 35.5. The van der Waals surface area contributed by atoms with Crippen LogP contribution < -0.4 is 0 Å². The molecule has 0 saturated carbocycles. The molecule has 0 aromatic carbocycles. The lowest BCUT2D eigenvalue weighted by molar-refractivity contribution is -0.151. The molecule has 0 aromatic rings. The minimum Gasteiger partial charge on any atom is -0.469 e. The van der Waals surface area contributed by atoms with Crippen LogP contribution in [0.5, 0.6) is 0 Å². The molecule has 0 aromatic heterocycles. The summed E-state index contributed by atoms with van der Waals surface area (Å²) in [5.41, 5.74) is -0.462. The van der Waals surface area contributed by atoms with Gasteiger partial charge < -0.3 is 4.74 Å². The van der Waals surface area contributed by atoms with Crippen LogP contribution in [0.25, 0.3) is 0 Å². The molecule has 0 heterocycles. The summed E-state index contributed by atoms with van der Waals surface area (Å²) in [6, 6.07) is 0. The second-order valence-corrected chi connectivity index (χ2v) is 4.11. The van der Waals surface area contributed by atoms with Crippen molar-refractivity contribution in [3.63, 3.8) is 0 Å². The molecule has 3 heteroatoms. The zero-order chi connectivity index (χ0) is 9.07. The molecule has 0 aliphatic heterocycles. The number of alkyl halides is 1. The third-order valence-electron chi connectivity index (χ3n) is 1.53. The van der Waals surface area contributed by atoms with Crippen molar-refractivity contribution in [3.05, 3.63) is 0 Å². The van der Waals surface area contributed by atoms with Crippen molar-refractivity contribution in [2.24, 2.45) is 5.41 Å². The third-order valence-corrected chi connectivity index (χ3v) is 1.68. The van der Waals surface area contributed by atoms with E-state index in [4.69, 9.17) is 11.6 Å². The first-order chi connectivity index (χ1) is 4.90. The number of halogens is 1. The van der Waals surface area contributed by atoms with Crippen LogP contribution in [0.2, 0.25) is 0 Å². The average molecular weight is 179 g/mol. The maximum atomic E-state index is 11.1. The number of ether oxygens (including phenoxy) is 1. The molecule has 0 radical (unpaired) electrons. The Balaban J connectivity index is 4.09. The van der Waals surface area contributed by atoms with Gasteiger partial charge in [-0.3, -0.25) is 4.79 Å². The summed E-state index contributed by atoms with van der Waals surface area (Å²) in [5.74, 6) is -0.204. The summed E-state index contributed by atoms with van der Waals surface area (Å²) in [6.07, 6.45) is 0.640. The average Bonchev–Trinajstić information content (AvgIpc) is 1.83. The van der Waals surface area contributed by atoms with Crippen LogP contribution in [0.1, 0.15) is 27.2 Å². The van der Waals surface area contributed by atoms with Gasteiger partial charge in [0.2, 0.25) is 0 Å². The summed E-state index contributed by atoms with van der Waals surface area (Å²) < 4.78 is 4.62. The van der Waals surface area contributed by atoms with E-state index < -0.39 is 5.41 Å². The number of hydrogen-bond donors (Lipinski definition) is 0. The topological polar surface area (TPSA) is 26.3 Å². The van der Waals surface area contributed by atoms with Crippen LogP contribution in [0, 0.1) is 5.41 Å². The summed E-state index contributed by atoms with van der Waals surface area (Å²) >= 11 is 5.76. The summed E-state index contributed by atoms with van der Waals surface area (Å²) in [6.45, 7) is 5.53. The van der Waals surface area contributed by atoms with E-state index in [0.717, 1.165) is 0 Å². The normalized spacial score (nSPS) is 14.3. The highest BCUT2D eigenvalue weighted by Gasteiger charge is 2.29. The van der Waals surface area contributed by atoms with Gasteiger partial charge in [0.05, 0.1) is 12.5 Å². The van der Waals surface area contributed by atoms with Crippen LogP contribution in [-0.4, -0.2) is 18.5 Å². The molecule has 11 heavy (non-hydrogen) atoms. The van der Waals surface area contributed by atoms with E-state index in [-0.39, 0.29) is 11.3 Å². The maximum Gasteiger partial charge on any atom is 0.311 e. The summed E-state index contributed by atoms with van der Waals surface area (Å²) in [4.78, 5) is 11.1. The molecule has 1 unspecified atom stereocenters. The van der Waals surface area contributed by atoms with Crippen LogP contribution in [0.15, 0.2) is 0 Å². The smallest absolute Gasteiger partial charge is 0.311 e. The number of hydrogen-bond acceptors (Lipinski definition) is 2. The number of carbonyl (C=O) groups is 1. The molecule has 0 aliphatic rings. The summed E-state index contributed by atoms with van der Waals surface area (Å²) in [5, 5.41) is 0.00380. The summed E-state index contributed by atoms with van der Waals surface area (Å²) in [7, 11) is 1.39. The zero-order valence-corrected chi connectivity index (χ0v) is 8.23. The Kier molecular flexibility index (Phi) is 3.87. The van der Waals surface area contributed by atoms with Crippen LogP contribution in [0.3, 0.4) is 0 Å². The Morgan fingerprint density at radius 3 is 2.36 bits per heavy atom. The second kappa shape index (κ2) is 3.96. The number of rotatable bonds is 3. The van der Waals surface area contributed by atoms with Gasteiger partial charge in [-0.25, -0.2) is 0 Å². The molecule has 0 spiro atoms. The lowest BCUT2D eigenvalue weighted by atomic mass is 9.88. The van der Waals surface area contributed by atoms with E-state index in [2.05, 4.69) is 4.74 Å². The molecule has 0 aliphatic carbocycles. The third kappa shape index (κ3) is 3.61. The van der Waals surface area contributed by atoms with E-state index in [1.807, 2.05) is 20.8 Å². The molecule has 1 atom stereocenters. The van der Waals surface area contributed by atoms with Crippen molar-refractivity contribution in [1.82, 2.24) is 0 Å². The van der Waals surface area contributed by atoms with Crippen molar-refractivity contribution >= 4 is 17.6 Å². The first-order valence-electron chi connectivity index (χ1n) is 3.62.